The number of halogens is 1. The van der Waals surface area contributed by atoms with Gasteiger partial charge in [0.25, 0.3) is 0 Å². The Bertz CT molecular complexity index is 511. The molecule has 0 aliphatic rings. The molecule has 94 valence electrons. The maximum absolute atomic E-state index is 5.90. The third kappa shape index (κ3) is 2.88. The fourth-order valence-corrected chi connectivity index (χ4v) is 2.11. The third-order valence-corrected chi connectivity index (χ3v) is 3.18. The van der Waals surface area contributed by atoms with Gasteiger partial charge < -0.3 is 0 Å². The number of hydrogen-bond acceptors (Lipinski definition) is 3. The van der Waals surface area contributed by atoms with Crippen molar-refractivity contribution in [3.63, 3.8) is 0 Å². The van der Waals surface area contributed by atoms with E-state index in [-0.39, 0.29) is 6.04 Å². The summed E-state index contributed by atoms with van der Waals surface area (Å²) in [6.45, 7) is 2.14. The number of pyridine rings is 1. The summed E-state index contributed by atoms with van der Waals surface area (Å²) in [7, 11) is 0. The molecule has 0 saturated heterocycles. The Kier molecular flexibility index (Phi) is 4.31. The molecule has 4 heteroatoms. The molecule has 2 aromatic rings. The first-order valence-corrected chi connectivity index (χ1v) is 6.28. The highest BCUT2D eigenvalue weighted by atomic mass is 35.5. The van der Waals surface area contributed by atoms with Gasteiger partial charge in [0.2, 0.25) is 0 Å². The van der Waals surface area contributed by atoms with Crippen molar-refractivity contribution < 1.29 is 0 Å². The second-order valence-electron chi connectivity index (χ2n) is 4.11. The number of rotatable bonds is 4. The predicted octanol–water partition coefficient (Wildman–Crippen LogP) is 2.85. The van der Waals surface area contributed by atoms with Gasteiger partial charge in [-0.1, -0.05) is 42.8 Å². The van der Waals surface area contributed by atoms with Gasteiger partial charge in [-0.25, -0.2) is 10.4 Å². The summed E-state index contributed by atoms with van der Waals surface area (Å²) in [4.78, 5) is 3.97. The highest BCUT2D eigenvalue weighted by molar-refractivity contribution is 6.29. The van der Waals surface area contributed by atoms with Crippen molar-refractivity contribution in [2.45, 2.75) is 19.4 Å². The van der Waals surface area contributed by atoms with Crippen molar-refractivity contribution in [3.8, 4) is 0 Å². The summed E-state index contributed by atoms with van der Waals surface area (Å²) in [5.41, 5.74) is 6.23. The highest BCUT2D eigenvalue weighted by Gasteiger charge is 2.12. The van der Waals surface area contributed by atoms with Crippen LogP contribution in [0.25, 0.3) is 0 Å². The van der Waals surface area contributed by atoms with Gasteiger partial charge in [-0.05, 0) is 35.2 Å². The number of aryl methyl sites for hydroxylation is 1. The Hall–Kier alpha value is -1.42. The maximum atomic E-state index is 5.90. The Balaban J connectivity index is 2.32. The average Bonchev–Trinajstić information content (AvgIpc) is 2.40. The first-order valence-electron chi connectivity index (χ1n) is 5.91. The van der Waals surface area contributed by atoms with Crippen LogP contribution in [0.15, 0.2) is 42.6 Å². The summed E-state index contributed by atoms with van der Waals surface area (Å²) in [6.07, 6.45) is 2.71. The number of hydrogen-bond donors (Lipinski definition) is 2. The minimum Gasteiger partial charge on any atom is -0.271 e. The van der Waals surface area contributed by atoms with E-state index in [9.17, 15) is 0 Å². The number of benzene rings is 1. The zero-order valence-electron chi connectivity index (χ0n) is 10.2. The molecule has 1 aromatic carbocycles. The van der Waals surface area contributed by atoms with E-state index >= 15 is 0 Å². The SMILES string of the molecule is CCc1ccc(C(NN)c2ccnc(Cl)c2)cc1. The van der Waals surface area contributed by atoms with Crippen LogP contribution in [0, 0.1) is 0 Å². The van der Waals surface area contributed by atoms with Crippen LogP contribution in [0.5, 0.6) is 0 Å². The summed E-state index contributed by atoms with van der Waals surface area (Å²) < 4.78 is 0. The molecule has 3 N–H and O–H groups in total. The Morgan fingerprint density at radius 2 is 1.94 bits per heavy atom. The fourth-order valence-electron chi connectivity index (χ4n) is 1.93. The molecule has 18 heavy (non-hydrogen) atoms. The van der Waals surface area contributed by atoms with Gasteiger partial charge >= 0.3 is 0 Å². The lowest BCUT2D eigenvalue weighted by molar-refractivity contribution is 0.636. The number of nitrogens with two attached hydrogens (primary N) is 1. The predicted molar refractivity (Wildman–Crippen MR) is 74.2 cm³/mol. The van der Waals surface area contributed by atoms with E-state index < -0.39 is 0 Å². The molecule has 0 radical (unpaired) electrons. The smallest absolute Gasteiger partial charge is 0.129 e. The van der Waals surface area contributed by atoms with Gasteiger partial charge in [-0.15, -0.1) is 0 Å². The van der Waals surface area contributed by atoms with E-state index in [1.165, 1.54) is 5.56 Å². The van der Waals surface area contributed by atoms with Crippen molar-refractivity contribution >= 4 is 11.6 Å². The number of hydrazine groups is 1. The molecule has 0 fully saturated rings. The largest absolute Gasteiger partial charge is 0.271 e. The molecule has 0 bridgehead atoms. The molecular formula is C14H16ClN3. The highest BCUT2D eigenvalue weighted by Crippen LogP contribution is 2.23. The molecule has 1 aromatic heterocycles. The molecule has 0 aliphatic carbocycles. The van der Waals surface area contributed by atoms with E-state index in [1.54, 1.807) is 6.20 Å². The van der Waals surface area contributed by atoms with Crippen LogP contribution in [-0.4, -0.2) is 4.98 Å². The molecule has 0 amide bonds. The van der Waals surface area contributed by atoms with Crippen LogP contribution in [-0.2, 0) is 6.42 Å². The lowest BCUT2D eigenvalue weighted by Crippen LogP contribution is -2.28. The van der Waals surface area contributed by atoms with Crippen molar-refractivity contribution in [2.75, 3.05) is 0 Å². The van der Waals surface area contributed by atoms with Crippen molar-refractivity contribution in [2.24, 2.45) is 5.84 Å². The third-order valence-electron chi connectivity index (χ3n) is 2.97. The monoisotopic (exact) mass is 261 g/mol. The van der Waals surface area contributed by atoms with Crippen molar-refractivity contribution in [3.05, 3.63) is 64.4 Å². The number of nitrogens with one attached hydrogen (secondary N) is 1. The molecular weight excluding hydrogens is 246 g/mol. The van der Waals surface area contributed by atoms with Crippen LogP contribution < -0.4 is 11.3 Å². The van der Waals surface area contributed by atoms with Crippen LogP contribution in [0.4, 0.5) is 0 Å². The maximum Gasteiger partial charge on any atom is 0.129 e. The van der Waals surface area contributed by atoms with Gasteiger partial charge in [0, 0.05) is 6.20 Å². The normalized spacial score (nSPS) is 12.4. The minimum atomic E-state index is -0.0728. The molecule has 1 unspecified atom stereocenters. The Morgan fingerprint density at radius 1 is 1.22 bits per heavy atom. The Morgan fingerprint density at radius 3 is 2.50 bits per heavy atom. The molecule has 1 atom stereocenters. The zero-order valence-corrected chi connectivity index (χ0v) is 11.0. The first kappa shape index (κ1) is 13.0. The van der Waals surface area contributed by atoms with Gasteiger partial charge in [0.1, 0.15) is 5.15 Å². The summed E-state index contributed by atoms with van der Waals surface area (Å²) >= 11 is 5.90. The second kappa shape index (κ2) is 5.96. The van der Waals surface area contributed by atoms with Gasteiger partial charge in [0.05, 0.1) is 6.04 Å². The standard InChI is InChI=1S/C14H16ClN3/c1-2-10-3-5-11(6-4-10)14(18-16)12-7-8-17-13(15)9-12/h3-9,14,18H,2,16H2,1H3. The lowest BCUT2D eigenvalue weighted by atomic mass is 9.99. The molecule has 0 saturated carbocycles. The average molecular weight is 262 g/mol. The summed E-state index contributed by atoms with van der Waals surface area (Å²) in [5, 5.41) is 0.470. The molecule has 2 rings (SSSR count). The molecule has 3 nitrogen and oxygen atoms in total. The van der Waals surface area contributed by atoms with Crippen LogP contribution in [0.3, 0.4) is 0 Å². The fraction of sp³-hybridized carbons (Fsp3) is 0.214. The first-order chi connectivity index (χ1) is 8.74. The van der Waals surface area contributed by atoms with E-state index in [0.717, 1.165) is 17.5 Å². The zero-order chi connectivity index (χ0) is 13.0. The van der Waals surface area contributed by atoms with Crippen molar-refractivity contribution in [1.82, 2.24) is 10.4 Å². The molecule has 0 aliphatic heterocycles. The lowest BCUT2D eigenvalue weighted by Gasteiger charge is -2.17. The van der Waals surface area contributed by atoms with Gasteiger partial charge in [0.15, 0.2) is 0 Å². The van der Waals surface area contributed by atoms with Gasteiger partial charge in [-0.2, -0.15) is 0 Å². The summed E-state index contributed by atoms with van der Waals surface area (Å²) in [5.74, 6) is 5.64. The molecule has 1 heterocycles. The van der Waals surface area contributed by atoms with E-state index in [0.29, 0.717) is 5.15 Å². The quantitative estimate of drug-likeness (QED) is 0.506. The number of aromatic nitrogens is 1. The van der Waals surface area contributed by atoms with Crippen LogP contribution in [0.2, 0.25) is 5.15 Å². The number of nitrogens with zero attached hydrogens (tertiary/aromatic N) is 1. The Labute approximate surface area is 112 Å². The van der Waals surface area contributed by atoms with E-state index in [4.69, 9.17) is 17.4 Å². The topological polar surface area (TPSA) is 50.9 Å². The van der Waals surface area contributed by atoms with Gasteiger partial charge in [-0.3, -0.25) is 5.84 Å². The summed E-state index contributed by atoms with van der Waals surface area (Å²) in [6, 6.07) is 12.0. The second-order valence-corrected chi connectivity index (χ2v) is 4.49. The van der Waals surface area contributed by atoms with Crippen LogP contribution >= 0.6 is 11.6 Å². The van der Waals surface area contributed by atoms with E-state index in [2.05, 4.69) is 41.6 Å². The van der Waals surface area contributed by atoms with Crippen molar-refractivity contribution in [1.29, 1.82) is 0 Å². The van der Waals surface area contributed by atoms with Crippen LogP contribution in [0.1, 0.15) is 29.7 Å². The molecule has 0 spiro atoms. The minimum absolute atomic E-state index is 0.0728. The van der Waals surface area contributed by atoms with E-state index in [1.807, 2.05) is 12.1 Å².